The van der Waals surface area contributed by atoms with Crippen molar-refractivity contribution < 1.29 is 9.32 Å². The molecule has 0 saturated heterocycles. The van der Waals surface area contributed by atoms with Crippen LogP contribution in [-0.2, 0) is 10.6 Å². The number of rotatable bonds is 4. The fraction of sp³-hybridized carbons (Fsp3) is 0.250. The largest absolute Gasteiger partial charge is 0.493 e. The summed E-state index contributed by atoms with van der Waals surface area (Å²) in [5.41, 5.74) is 2.37. The molecule has 4 rings (SSSR count). The molecule has 1 unspecified atom stereocenters. The second-order valence-corrected chi connectivity index (χ2v) is 8.39. The molecule has 8 heteroatoms. The van der Waals surface area contributed by atoms with Crippen molar-refractivity contribution in [2.45, 2.75) is 37.1 Å². The summed E-state index contributed by atoms with van der Waals surface area (Å²) in [5.74, 6) is 0.382. The quantitative estimate of drug-likeness (QED) is 0.661. The Morgan fingerprint density at radius 1 is 1.25 bits per heavy atom. The first-order valence-corrected chi connectivity index (χ1v) is 10.1. The van der Waals surface area contributed by atoms with Gasteiger partial charge < -0.3 is 5.11 Å². The molecule has 7 nitrogen and oxygen atoms in total. The van der Waals surface area contributed by atoms with E-state index < -0.39 is 10.6 Å². The average Bonchev–Trinajstić information content (AvgIpc) is 3.35. The minimum atomic E-state index is -1.84. The number of hydrogen-bond donors (Lipinski definition) is 2. The Kier molecular flexibility index (Phi) is 4.40. The van der Waals surface area contributed by atoms with Gasteiger partial charge in [0.1, 0.15) is 0 Å². The number of nitrogens with zero attached hydrogens (tertiary/aromatic N) is 5. The summed E-state index contributed by atoms with van der Waals surface area (Å²) in [4.78, 5) is 4.87. The second kappa shape index (κ2) is 6.77. The molecule has 3 aromatic rings. The topological polar surface area (TPSA) is 104 Å². The summed E-state index contributed by atoms with van der Waals surface area (Å²) in [5, 5.41) is 24.0. The van der Waals surface area contributed by atoms with Crippen LogP contribution in [0.2, 0.25) is 0 Å². The van der Waals surface area contributed by atoms with Gasteiger partial charge in [0, 0.05) is 6.20 Å². The van der Waals surface area contributed by atoms with Gasteiger partial charge in [0.2, 0.25) is 5.88 Å². The second-order valence-electron chi connectivity index (χ2n) is 7.13. The third kappa shape index (κ3) is 3.37. The molecule has 142 valence electrons. The van der Waals surface area contributed by atoms with Gasteiger partial charge in [-0.15, -0.1) is 0 Å². The molecule has 1 aliphatic carbocycles. The van der Waals surface area contributed by atoms with E-state index in [1.807, 2.05) is 6.92 Å². The first kappa shape index (κ1) is 18.2. The molecular formula is C20H19N5O2S. The van der Waals surface area contributed by atoms with Crippen LogP contribution in [0, 0.1) is 18.3 Å². The number of aryl methyl sites for hydroxylation is 1. The summed E-state index contributed by atoms with van der Waals surface area (Å²) in [6.07, 6.45) is 3.46. The maximum atomic E-state index is 12.4. The van der Waals surface area contributed by atoms with Crippen molar-refractivity contribution in [2.24, 2.45) is 4.36 Å². The first-order chi connectivity index (χ1) is 13.4. The van der Waals surface area contributed by atoms with Crippen LogP contribution in [-0.4, -0.2) is 29.6 Å². The van der Waals surface area contributed by atoms with Crippen molar-refractivity contribution in [3.63, 3.8) is 0 Å². The predicted molar refractivity (Wildman–Crippen MR) is 106 cm³/mol. The molecule has 0 aliphatic heterocycles. The number of benzene rings is 1. The molecule has 0 amide bonds. The van der Waals surface area contributed by atoms with Gasteiger partial charge >= 0.3 is 0 Å². The van der Waals surface area contributed by atoms with Crippen LogP contribution in [0.25, 0.3) is 16.9 Å². The van der Waals surface area contributed by atoms with Crippen LogP contribution < -0.4 is 0 Å². The lowest BCUT2D eigenvalue weighted by Crippen LogP contribution is -2.00. The number of aromatic nitrogens is 3. The molecule has 2 aromatic heterocycles. The Morgan fingerprint density at radius 3 is 2.54 bits per heavy atom. The minimum Gasteiger partial charge on any atom is -0.493 e. The van der Waals surface area contributed by atoms with Gasteiger partial charge in [-0.3, -0.25) is 0 Å². The summed E-state index contributed by atoms with van der Waals surface area (Å²) in [6, 6.07) is 12.4. The molecule has 1 saturated carbocycles. The van der Waals surface area contributed by atoms with Crippen LogP contribution in [0.5, 0.6) is 5.88 Å². The zero-order valence-electron chi connectivity index (χ0n) is 15.5. The Bertz CT molecular complexity index is 1160. The Hall–Kier alpha value is -3.18. The highest BCUT2D eigenvalue weighted by Crippen LogP contribution is 2.39. The van der Waals surface area contributed by atoms with Gasteiger partial charge in [-0.2, -0.15) is 15.0 Å². The lowest BCUT2D eigenvalue weighted by atomic mass is 10.0. The van der Waals surface area contributed by atoms with E-state index in [1.54, 1.807) is 43.3 Å². The van der Waals surface area contributed by atoms with E-state index in [0.717, 1.165) is 18.4 Å². The molecule has 0 radical (unpaired) electrons. The number of thiol groups is 1. The van der Waals surface area contributed by atoms with Crippen molar-refractivity contribution in [1.29, 1.82) is 5.26 Å². The molecule has 1 aromatic carbocycles. The molecule has 1 N–H and O–H groups in total. The van der Waals surface area contributed by atoms with Crippen LogP contribution in [0.15, 0.2) is 51.9 Å². The first-order valence-electron chi connectivity index (χ1n) is 8.86. The molecule has 0 spiro atoms. The average molecular weight is 393 g/mol. The fourth-order valence-corrected chi connectivity index (χ4v) is 4.01. The summed E-state index contributed by atoms with van der Waals surface area (Å²) >= 11 is 0. The van der Waals surface area contributed by atoms with E-state index in [2.05, 4.69) is 20.5 Å². The highest BCUT2D eigenvalue weighted by Gasteiger charge is 2.37. The number of pyridine rings is 1. The zero-order chi connectivity index (χ0) is 19.9. The standard InChI is InChI=1S/C20H19N5O2S/c1-13-18(15-5-3-14(11-21)4-6-15)19(26)25(23-13)17-8-7-16(12-22-17)28(27)24-20(2)9-10-20/h3-8,12,26,28H,9-10H2,1-2H3. The third-order valence-electron chi connectivity index (χ3n) is 4.81. The van der Waals surface area contributed by atoms with Crippen LogP contribution >= 0.6 is 0 Å². The van der Waals surface area contributed by atoms with Crippen molar-refractivity contribution >= 4 is 10.6 Å². The van der Waals surface area contributed by atoms with Crippen molar-refractivity contribution in [2.75, 3.05) is 0 Å². The van der Waals surface area contributed by atoms with Gasteiger partial charge in [0.25, 0.3) is 0 Å². The Balaban J connectivity index is 1.67. The Morgan fingerprint density at radius 2 is 1.96 bits per heavy atom. The Labute approximate surface area is 164 Å². The maximum Gasteiger partial charge on any atom is 0.223 e. The fourth-order valence-electron chi connectivity index (χ4n) is 2.90. The highest BCUT2D eigenvalue weighted by atomic mass is 32.2. The van der Waals surface area contributed by atoms with E-state index in [1.165, 1.54) is 10.9 Å². The molecule has 28 heavy (non-hydrogen) atoms. The van der Waals surface area contributed by atoms with Gasteiger partial charge in [-0.05, 0) is 56.5 Å². The summed E-state index contributed by atoms with van der Waals surface area (Å²) in [7, 11) is -1.84. The zero-order valence-corrected chi connectivity index (χ0v) is 16.4. The van der Waals surface area contributed by atoms with E-state index in [-0.39, 0.29) is 11.4 Å². The monoisotopic (exact) mass is 393 g/mol. The lowest BCUT2D eigenvalue weighted by molar-refractivity contribution is 0.433. The lowest BCUT2D eigenvalue weighted by Gasteiger charge is -2.05. The van der Waals surface area contributed by atoms with Gasteiger partial charge in [-0.25, -0.2) is 13.6 Å². The molecule has 0 bridgehead atoms. The normalized spacial score (nSPS) is 15.9. The van der Waals surface area contributed by atoms with Gasteiger partial charge in [0.05, 0.1) is 43.9 Å². The molecular weight excluding hydrogens is 374 g/mol. The number of aromatic hydroxyl groups is 1. The van der Waals surface area contributed by atoms with E-state index >= 15 is 0 Å². The molecule has 1 atom stereocenters. The van der Waals surface area contributed by atoms with E-state index in [4.69, 9.17) is 5.26 Å². The molecule has 2 heterocycles. The summed E-state index contributed by atoms with van der Waals surface area (Å²) in [6.45, 7) is 3.79. The van der Waals surface area contributed by atoms with Gasteiger partial charge in [0.15, 0.2) is 5.82 Å². The van der Waals surface area contributed by atoms with Gasteiger partial charge in [-0.1, -0.05) is 12.1 Å². The molecule has 1 aliphatic rings. The molecule has 1 fully saturated rings. The third-order valence-corrected chi connectivity index (χ3v) is 6.19. The highest BCUT2D eigenvalue weighted by molar-refractivity contribution is 7.75. The number of nitriles is 1. The predicted octanol–water partition coefficient (Wildman–Crippen LogP) is 3.40. The summed E-state index contributed by atoms with van der Waals surface area (Å²) < 4.78 is 18.1. The maximum absolute atomic E-state index is 12.4. The smallest absolute Gasteiger partial charge is 0.223 e. The SMILES string of the molecule is Cc1nn(-c2ccc(/[SH](=O)=N/C3(C)CC3)cn2)c(O)c1-c1ccc(C#N)cc1. The van der Waals surface area contributed by atoms with Crippen molar-refractivity contribution in [3.05, 3.63) is 53.9 Å². The van der Waals surface area contributed by atoms with Crippen molar-refractivity contribution in [1.82, 2.24) is 14.8 Å². The van der Waals surface area contributed by atoms with Crippen LogP contribution in [0.1, 0.15) is 31.0 Å². The number of hydrogen-bond acceptors (Lipinski definition) is 6. The van der Waals surface area contributed by atoms with E-state index in [0.29, 0.717) is 27.5 Å². The minimum absolute atomic E-state index is 0.0398. The van der Waals surface area contributed by atoms with Crippen molar-refractivity contribution in [3.8, 4) is 28.9 Å². The van der Waals surface area contributed by atoms with Crippen LogP contribution in [0.4, 0.5) is 0 Å². The van der Waals surface area contributed by atoms with Crippen LogP contribution in [0.3, 0.4) is 0 Å². The van der Waals surface area contributed by atoms with E-state index in [9.17, 15) is 9.32 Å².